The molecular weight excluding hydrogens is 444 g/mol. The second kappa shape index (κ2) is 8.12. The molecule has 9 nitrogen and oxygen atoms in total. The van der Waals surface area contributed by atoms with Crippen molar-refractivity contribution in [3.63, 3.8) is 0 Å². The van der Waals surface area contributed by atoms with E-state index in [2.05, 4.69) is 39.1 Å². The van der Waals surface area contributed by atoms with Gasteiger partial charge in [-0.1, -0.05) is 19.1 Å². The van der Waals surface area contributed by atoms with Gasteiger partial charge in [-0.05, 0) is 51.3 Å². The lowest BCUT2D eigenvalue weighted by atomic mass is 9.65. The topological polar surface area (TPSA) is 120 Å². The van der Waals surface area contributed by atoms with Gasteiger partial charge in [-0.2, -0.15) is 5.26 Å². The Morgan fingerprint density at radius 3 is 2.77 bits per heavy atom. The Balaban J connectivity index is 1.39. The van der Waals surface area contributed by atoms with E-state index in [1.54, 1.807) is 31.0 Å². The van der Waals surface area contributed by atoms with Crippen molar-refractivity contribution in [2.75, 3.05) is 11.4 Å². The first-order valence-electron chi connectivity index (χ1n) is 11.7. The van der Waals surface area contributed by atoms with E-state index in [4.69, 9.17) is 4.74 Å². The lowest BCUT2D eigenvalue weighted by Gasteiger charge is -2.45. The number of imidazole rings is 1. The Morgan fingerprint density at radius 2 is 2.09 bits per heavy atom. The fraction of sp³-hybridized carbons (Fsp3) is 0.462. The van der Waals surface area contributed by atoms with Crippen LogP contribution in [0.5, 0.6) is 0 Å². The first-order valence-corrected chi connectivity index (χ1v) is 11.7. The van der Waals surface area contributed by atoms with Crippen molar-refractivity contribution in [1.29, 1.82) is 5.26 Å². The molecule has 0 bridgehead atoms. The molecule has 35 heavy (non-hydrogen) atoms. The molecule has 0 amide bonds. The lowest BCUT2D eigenvalue weighted by Crippen LogP contribution is -2.46. The summed E-state index contributed by atoms with van der Waals surface area (Å²) < 4.78 is 8.27. The molecule has 3 aromatic rings. The number of rotatable bonds is 4. The Labute approximate surface area is 204 Å². The Kier molecular flexibility index (Phi) is 5.44. The van der Waals surface area contributed by atoms with Gasteiger partial charge in [0.05, 0.1) is 59.2 Å². The summed E-state index contributed by atoms with van der Waals surface area (Å²) in [5.74, 6) is 0.498. The lowest BCUT2D eigenvalue weighted by molar-refractivity contribution is -0.154. The number of aromatic nitrogens is 4. The predicted octanol–water partition coefficient (Wildman–Crippen LogP) is 3.22. The maximum absolute atomic E-state index is 10.8. The second-order valence-corrected chi connectivity index (χ2v) is 10.6. The molecule has 1 saturated heterocycles. The normalized spacial score (nSPS) is 27.0. The number of ether oxygens (including phenoxy) is 1. The highest BCUT2D eigenvalue weighted by molar-refractivity contribution is 5.77. The first kappa shape index (κ1) is 23.4. The van der Waals surface area contributed by atoms with Crippen LogP contribution in [0.3, 0.4) is 0 Å². The van der Waals surface area contributed by atoms with Crippen LogP contribution in [0, 0.1) is 16.7 Å². The smallest absolute Gasteiger partial charge is 0.239 e. The molecular formula is C26H30N6O3. The number of allylic oxidation sites excluding steroid dienone is 1. The first-order chi connectivity index (χ1) is 16.5. The van der Waals surface area contributed by atoms with Crippen LogP contribution >= 0.6 is 0 Å². The zero-order valence-electron chi connectivity index (χ0n) is 20.3. The average molecular weight is 475 g/mol. The van der Waals surface area contributed by atoms with Gasteiger partial charge in [-0.15, -0.1) is 0 Å². The average Bonchev–Trinajstić information content (AvgIpc) is 3.36. The minimum Gasteiger partial charge on any atom is -0.384 e. The summed E-state index contributed by atoms with van der Waals surface area (Å²) in [6.07, 6.45) is 5.94. The summed E-state index contributed by atoms with van der Waals surface area (Å²) in [4.78, 5) is 15.0. The van der Waals surface area contributed by atoms with E-state index in [0.29, 0.717) is 36.6 Å². The summed E-state index contributed by atoms with van der Waals surface area (Å²) in [6, 6.07) is 7.70. The predicted molar refractivity (Wildman–Crippen MR) is 130 cm³/mol. The minimum atomic E-state index is -1.14. The second-order valence-electron chi connectivity index (χ2n) is 10.6. The zero-order chi connectivity index (χ0) is 25.0. The summed E-state index contributed by atoms with van der Waals surface area (Å²) in [5, 5.41) is 30.3. The number of fused-ring (bicyclic) bond motifs is 1. The zero-order valence-corrected chi connectivity index (χ0v) is 20.3. The van der Waals surface area contributed by atoms with Crippen LogP contribution in [0.2, 0.25) is 0 Å². The van der Waals surface area contributed by atoms with Gasteiger partial charge in [-0.3, -0.25) is 4.98 Å². The summed E-state index contributed by atoms with van der Waals surface area (Å²) in [6.45, 7) is 11.0. The van der Waals surface area contributed by atoms with Crippen LogP contribution in [-0.2, 0) is 16.9 Å². The van der Waals surface area contributed by atoms with Crippen molar-refractivity contribution >= 4 is 16.9 Å². The van der Waals surface area contributed by atoms with Crippen LogP contribution in [0.25, 0.3) is 11.0 Å². The minimum absolute atomic E-state index is 0.305. The third kappa shape index (κ3) is 4.18. The maximum atomic E-state index is 10.8. The van der Waals surface area contributed by atoms with Gasteiger partial charge >= 0.3 is 0 Å². The van der Waals surface area contributed by atoms with E-state index in [-0.39, 0.29) is 5.41 Å². The molecule has 1 unspecified atom stereocenters. The summed E-state index contributed by atoms with van der Waals surface area (Å²) >= 11 is 0. The molecule has 2 aromatic heterocycles. The summed E-state index contributed by atoms with van der Waals surface area (Å²) in [5.41, 5.74) is 1.97. The number of aliphatic hydroxyl groups is 2. The fourth-order valence-electron chi connectivity index (χ4n) is 5.33. The third-order valence-electron chi connectivity index (χ3n) is 7.36. The monoisotopic (exact) mass is 474 g/mol. The molecule has 2 fully saturated rings. The molecule has 1 aliphatic heterocycles. The molecule has 2 N–H and O–H groups in total. The van der Waals surface area contributed by atoms with Crippen molar-refractivity contribution < 1.29 is 14.9 Å². The van der Waals surface area contributed by atoms with Gasteiger partial charge in [0.25, 0.3) is 0 Å². The van der Waals surface area contributed by atoms with Gasteiger partial charge in [0.2, 0.25) is 6.41 Å². The van der Waals surface area contributed by atoms with E-state index in [9.17, 15) is 15.5 Å². The fourth-order valence-corrected chi connectivity index (χ4v) is 5.33. The van der Waals surface area contributed by atoms with E-state index in [1.807, 2.05) is 18.5 Å². The van der Waals surface area contributed by atoms with E-state index >= 15 is 0 Å². The molecule has 5 rings (SSSR count). The van der Waals surface area contributed by atoms with Gasteiger partial charge in [0.15, 0.2) is 5.82 Å². The largest absolute Gasteiger partial charge is 0.384 e. The Hall–Kier alpha value is -3.32. The van der Waals surface area contributed by atoms with Crippen molar-refractivity contribution in [2.24, 2.45) is 5.41 Å². The van der Waals surface area contributed by atoms with Crippen molar-refractivity contribution in [1.82, 2.24) is 19.5 Å². The van der Waals surface area contributed by atoms with Crippen LogP contribution < -0.4 is 4.90 Å². The Morgan fingerprint density at radius 1 is 1.29 bits per heavy atom. The van der Waals surface area contributed by atoms with Crippen molar-refractivity contribution in [2.45, 2.75) is 64.2 Å². The molecule has 3 heterocycles. The molecule has 182 valence electrons. The standard InChI is InChI=1S/C26H30N6O3/c1-17-7-8-26(15-32(23(33)35-26)22-12-28-21(11-29-22)24(2,3)34)13-25(17,4)14-31-16-30-19-6-5-18(10-27)9-20(19)31/h5-6,9,11-12,16,23,33-34H,1,7-8,13-15H2,2-4H3/t23?,25-,26-/m0/s1. The van der Waals surface area contributed by atoms with E-state index in [1.165, 1.54) is 6.20 Å². The highest BCUT2D eigenvalue weighted by Crippen LogP contribution is 2.50. The van der Waals surface area contributed by atoms with Gasteiger partial charge in [0.1, 0.15) is 5.60 Å². The highest BCUT2D eigenvalue weighted by atomic mass is 16.7. The van der Waals surface area contributed by atoms with Crippen LogP contribution in [0.15, 0.2) is 49.1 Å². The van der Waals surface area contributed by atoms with Gasteiger partial charge in [-0.25, -0.2) is 9.97 Å². The molecule has 1 aliphatic carbocycles. The summed E-state index contributed by atoms with van der Waals surface area (Å²) in [7, 11) is 0. The van der Waals surface area contributed by atoms with Crippen molar-refractivity contribution in [3.8, 4) is 6.07 Å². The highest BCUT2D eigenvalue weighted by Gasteiger charge is 2.52. The number of nitrogens with zero attached hydrogens (tertiary/aromatic N) is 6. The molecule has 1 spiro atoms. The van der Waals surface area contributed by atoms with Gasteiger partial charge in [0, 0.05) is 12.0 Å². The maximum Gasteiger partial charge on any atom is 0.239 e. The van der Waals surface area contributed by atoms with E-state index in [0.717, 1.165) is 29.4 Å². The molecule has 0 radical (unpaired) electrons. The number of benzene rings is 1. The van der Waals surface area contributed by atoms with Gasteiger partial charge < -0.3 is 24.4 Å². The number of nitriles is 1. The van der Waals surface area contributed by atoms with Crippen LogP contribution in [-0.4, -0.2) is 48.3 Å². The number of anilines is 1. The number of hydrogen-bond acceptors (Lipinski definition) is 8. The quantitative estimate of drug-likeness (QED) is 0.553. The van der Waals surface area contributed by atoms with E-state index < -0.39 is 17.6 Å². The SMILES string of the molecule is C=C1CC[C@@]2(CN(c3cnc(C(C)(C)O)cn3)C(O)O2)C[C@@]1(C)Cn1cnc2ccc(C#N)cc21. The molecule has 9 heteroatoms. The molecule has 1 saturated carbocycles. The Bertz CT molecular complexity index is 1320. The molecule has 3 atom stereocenters. The number of aliphatic hydroxyl groups excluding tert-OH is 1. The molecule has 2 aliphatic rings. The molecule has 1 aromatic carbocycles. The third-order valence-corrected chi connectivity index (χ3v) is 7.36. The number of hydrogen-bond donors (Lipinski definition) is 2. The van der Waals surface area contributed by atoms with Crippen LogP contribution in [0.1, 0.15) is 51.3 Å². The van der Waals surface area contributed by atoms with Crippen molar-refractivity contribution in [3.05, 3.63) is 60.3 Å². The van der Waals surface area contributed by atoms with Crippen LogP contribution in [0.4, 0.5) is 5.82 Å².